The van der Waals surface area contributed by atoms with Crippen molar-refractivity contribution in [3.63, 3.8) is 0 Å². The fraction of sp³-hybridized carbons (Fsp3) is 0.417. The summed E-state index contributed by atoms with van der Waals surface area (Å²) in [4.78, 5) is 11.4. The molecule has 1 atom stereocenters. The highest BCUT2D eigenvalue weighted by atomic mass is 79.9. The molecular weight excluding hydrogens is 343 g/mol. The van der Waals surface area contributed by atoms with Crippen LogP contribution < -0.4 is 10.1 Å². The Kier molecular flexibility index (Phi) is 5.67. The number of nitrogens with one attached hydrogen (secondary N) is 1. The van der Waals surface area contributed by atoms with Crippen LogP contribution in [0.25, 0.3) is 0 Å². The zero-order valence-corrected chi connectivity index (χ0v) is 12.3. The van der Waals surface area contributed by atoms with Crippen LogP contribution in [0.15, 0.2) is 22.7 Å². The van der Waals surface area contributed by atoms with Crippen LogP contribution in [0, 0.1) is 0 Å². The molecule has 1 unspecified atom stereocenters. The van der Waals surface area contributed by atoms with Gasteiger partial charge >= 0.3 is 12.3 Å². The molecule has 0 spiro atoms. The number of alkyl halides is 3. The van der Waals surface area contributed by atoms with Crippen LogP contribution in [0.3, 0.4) is 0 Å². The molecule has 20 heavy (non-hydrogen) atoms. The van der Waals surface area contributed by atoms with Crippen molar-refractivity contribution in [3.8, 4) is 5.75 Å². The van der Waals surface area contributed by atoms with Crippen LogP contribution in [-0.2, 0) is 9.53 Å². The van der Waals surface area contributed by atoms with Gasteiger partial charge < -0.3 is 14.8 Å². The van der Waals surface area contributed by atoms with Crippen molar-refractivity contribution in [3.05, 3.63) is 22.7 Å². The summed E-state index contributed by atoms with van der Waals surface area (Å²) >= 11 is 2.98. The number of anilines is 1. The van der Waals surface area contributed by atoms with Crippen LogP contribution in [0.1, 0.15) is 13.8 Å². The van der Waals surface area contributed by atoms with Crippen molar-refractivity contribution in [1.29, 1.82) is 0 Å². The largest absolute Gasteiger partial charge is 0.573 e. The Morgan fingerprint density at radius 1 is 1.45 bits per heavy atom. The third kappa shape index (κ3) is 5.28. The highest BCUT2D eigenvalue weighted by Crippen LogP contribution is 2.32. The summed E-state index contributed by atoms with van der Waals surface area (Å²) < 4.78 is 45.1. The van der Waals surface area contributed by atoms with E-state index < -0.39 is 18.4 Å². The lowest BCUT2D eigenvalue weighted by atomic mass is 10.2. The maximum Gasteiger partial charge on any atom is 0.573 e. The molecule has 0 saturated heterocycles. The number of esters is 1. The van der Waals surface area contributed by atoms with Gasteiger partial charge in [-0.05, 0) is 48.0 Å². The fourth-order valence-corrected chi connectivity index (χ4v) is 1.83. The highest BCUT2D eigenvalue weighted by Gasteiger charge is 2.32. The summed E-state index contributed by atoms with van der Waals surface area (Å²) in [6.45, 7) is 3.53. The summed E-state index contributed by atoms with van der Waals surface area (Å²) in [7, 11) is 0. The Labute approximate surface area is 122 Å². The summed E-state index contributed by atoms with van der Waals surface area (Å²) in [5, 5.41) is 2.82. The second-order valence-corrected chi connectivity index (χ2v) is 4.67. The van der Waals surface area contributed by atoms with Crippen LogP contribution in [-0.4, -0.2) is 25.0 Å². The molecule has 0 saturated carbocycles. The van der Waals surface area contributed by atoms with Gasteiger partial charge in [0.15, 0.2) is 0 Å². The Bertz CT molecular complexity index is 480. The van der Waals surface area contributed by atoms with Gasteiger partial charge in [0.05, 0.1) is 11.1 Å². The molecule has 0 aliphatic carbocycles. The quantitative estimate of drug-likeness (QED) is 0.818. The van der Waals surface area contributed by atoms with E-state index in [2.05, 4.69) is 26.0 Å². The Hall–Kier alpha value is -1.44. The second-order valence-electron chi connectivity index (χ2n) is 3.81. The lowest BCUT2D eigenvalue weighted by Crippen LogP contribution is -2.28. The molecule has 112 valence electrons. The first-order valence-electron chi connectivity index (χ1n) is 5.71. The van der Waals surface area contributed by atoms with Crippen LogP contribution >= 0.6 is 15.9 Å². The van der Waals surface area contributed by atoms with Crippen molar-refractivity contribution in [2.24, 2.45) is 0 Å². The predicted octanol–water partition coefficient (Wildman–Crippen LogP) is 3.71. The zero-order valence-electron chi connectivity index (χ0n) is 10.8. The van der Waals surface area contributed by atoms with E-state index in [9.17, 15) is 18.0 Å². The number of hydrogen-bond acceptors (Lipinski definition) is 4. The van der Waals surface area contributed by atoms with Crippen LogP contribution in [0.5, 0.6) is 5.75 Å². The summed E-state index contributed by atoms with van der Waals surface area (Å²) in [6, 6.07) is 3.30. The molecule has 0 aliphatic rings. The molecule has 0 aliphatic heterocycles. The minimum absolute atomic E-state index is 0.121. The molecule has 0 fully saturated rings. The minimum atomic E-state index is -4.75. The van der Waals surface area contributed by atoms with E-state index >= 15 is 0 Å². The molecule has 8 heteroatoms. The number of hydrogen-bond donors (Lipinski definition) is 1. The number of benzene rings is 1. The van der Waals surface area contributed by atoms with Gasteiger partial charge in [-0.25, -0.2) is 4.79 Å². The Morgan fingerprint density at radius 3 is 2.60 bits per heavy atom. The molecule has 0 aromatic heterocycles. The molecular formula is C12H13BrF3NO3. The van der Waals surface area contributed by atoms with Gasteiger partial charge in [0.25, 0.3) is 0 Å². The van der Waals surface area contributed by atoms with Gasteiger partial charge in [0, 0.05) is 5.69 Å². The number of carbonyl (C=O) groups is 1. The highest BCUT2D eigenvalue weighted by molar-refractivity contribution is 9.10. The van der Waals surface area contributed by atoms with E-state index in [4.69, 9.17) is 4.74 Å². The maximum absolute atomic E-state index is 12.1. The van der Waals surface area contributed by atoms with E-state index in [0.717, 1.165) is 6.07 Å². The van der Waals surface area contributed by atoms with Gasteiger partial charge in [-0.15, -0.1) is 13.2 Å². The van der Waals surface area contributed by atoms with Crippen molar-refractivity contribution < 1.29 is 27.4 Å². The van der Waals surface area contributed by atoms with Crippen molar-refractivity contribution in [2.75, 3.05) is 11.9 Å². The monoisotopic (exact) mass is 355 g/mol. The van der Waals surface area contributed by atoms with Crippen LogP contribution in [0.2, 0.25) is 0 Å². The first-order chi connectivity index (χ1) is 9.23. The number of rotatable bonds is 5. The number of halogens is 4. The average Bonchev–Trinajstić information content (AvgIpc) is 2.31. The molecule has 1 rings (SSSR count). The molecule has 0 bridgehead atoms. The van der Waals surface area contributed by atoms with E-state index in [-0.39, 0.29) is 16.8 Å². The van der Waals surface area contributed by atoms with Crippen molar-refractivity contribution in [2.45, 2.75) is 26.3 Å². The van der Waals surface area contributed by atoms with Crippen molar-refractivity contribution >= 4 is 27.6 Å². The molecule has 1 N–H and O–H groups in total. The average molecular weight is 356 g/mol. The number of carbonyl (C=O) groups excluding carboxylic acids is 1. The molecule has 1 aromatic rings. The minimum Gasteiger partial charge on any atom is -0.464 e. The molecule has 4 nitrogen and oxygen atoms in total. The normalized spacial score (nSPS) is 12.7. The summed E-state index contributed by atoms with van der Waals surface area (Å²) in [6.07, 6.45) is -4.75. The second kappa shape index (κ2) is 6.83. The van der Waals surface area contributed by atoms with Gasteiger partial charge in [0.2, 0.25) is 0 Å². The van der Waals surface area contributed by atoms with Crippen LogP contribution in [0.4, 0.5) is 18.9 Å². The third-order valence-electron chi connectivity index (χ3n) is 2.18. The molecule has 0 heterocycles. The maximum atomic E-state index is 12.1. The van der Waals surface area contributed by atoms with E-state index in [0.29, 0.717) is 5.69 Å². The first-order valence-corrected chi connectivity index (χ1v) is 6.50. The Morgan fingerprint density at radius 2 is 2.10 bits per heavy atom. The Balaban J connectivity index is 2.75. The third-order valence-corrected chi connectivity index (χ3v) is 2.80. The summed E-state index contributed by atoms with van der Waals surface area (Å²) in [5.41, 5.74) is 0.465. The lowest BCUT2D eigenvalue weighted by Gasteiger charge is -2.15. The predicted molar refractivity (Wildman–Crippen MR) is 70.5 cm³/mol. The number of ether oxygens (including phenoxy) is 2. The van der Waals surface area contributed by atoms with E-state index in [1.165, 1.54) is 12.1 Å². The van der Waals surface area contributed by atoms with E-state index in [1.807, 2.05) is 0 Å². The smallest absolute Gasteiger partial charge is 0.464 e. The topological polar surface area (TPSA) is 47.6 Å². The van der Waals surface area contributed by atoms with Gasteiger partial charge in [0.1, 0.15) is 11.8 Å². The standard InChI is InChI=1S/C12H13BrF3NO3/c1-3-19-11(18)7(2)17-8-4-5-10(9(13)6-8)20-12(14,15)16/h4-7,17H,3H2,1-2H3. The molecule has 0 amide bonds. The lowest BCUT2D eigenvalue weighted by molar-refractivity contribution is -0.274. The van der Waals surface area contributed by atoms with Gasteiger partial charge in [-0.3, -0.25) is 0 Å². The molecule has 0 radical (unpaired) electrons. The van der Waals surface area contributed by atoms with E-state index in [1.54, 1.807) is 13.8 Å². The first kappa shape index (κ1) is 16.6. The van der Waals surface area contributed by atoms with Gasteiger partial charge in [-0.1, -0.05) is 0 Å². The SMILES string of the molecule is CCOC(=O)C(C)Nc1ccc(OC(F)(F)F)c(Br)c1. The molecule has 1 aromatic carbocycles. The zero-order chi connectivity index (χ0) is 15.3. The summed E-state index contributed by atoms with van der Waals surface area (Å²) in [5.74, 6) is -0.800. The van der Waals surface area contributed by atoms with Crippen molar-refractivity contribution in [1.82, 2.24) is 0 Å². The van der Waals surface area contributed by atoms with Gasteiger partial charge in [-0.2, -0.15) is 0 Å². The fourth-order valence-electron chi connectivity index (χ4n) is 1.37.